The van der Waals surface area contributed by atoms with Gasteiger partial charge in [-0.15, -0.1) is 5.92 Å². The predicted octanol–water partition coefficient (Wildman–Crippen LogP) is 6.57. The molecule has 1 spiro atoms. The Bertz CT molecular complexity index is 2770. The Morgan fingerprint density at radius 3 is 2.81 bits per heavy atom. The number of aryl methyl sites for hydroxylation is 1. The number of hydrogen-bond acceptors (Lipinski definition) is 14. The van der Waals surface area contributed by atoms with Gasteiger partial charge in [0, 0.05) is 94.6 Å². The number of pyridine rings is 2. The van der Waals surface area contributed by atoms with Crippen LogP contribution in [0.4, 0.5) is 5.82 Å². The third-order valence-electron chi connectivity index (χ3n) is 14.3. The zero-order valence-corrected chi connectivity index (χ0v) is 39.3. The second-order valence-corrected chi connectivity index (χ2v) is 19.3. The van der Waals surface area contributed by atoms with E-state index in [1.54, 1.807) is 30.7 Å². The van der Waals surface area contributed by atoms with Crippen LogP contribution in [0.15, 0.2) is 107 Å². The summed E-state index contributed by atoms with van der Waals surface area (Å²) in [5.74, 6) is 7.60. The van der Waals surface area contributed by atoms with Crippen LogP contribution in [0.2, 0.25) is 0 Å². The number of anilines is 1. The number of aromatic hydroxyl groups is 3. The van der Waals surface area contributed by atoms with Crippen molar-refractivity contribution < 1.29 is 39.1 Å². The molecular weight excluding hydrogens is 889 g/mol. The molecule has 4 aromatic rings. The summed E-state index contributed by atoms with van der Waals surface area (Å²) in [4.78, 5) is 32.9. The number of fused-ring (bicyclic) bond motifs is 5. The molecule has 0 radical (unpaired) electrons. The first kappa shape index (κ1) is 46.5. The number of hydrogen-bond donors (Lipinski definition) is 6. The van der Waals surface area contributed by atoms with Gasteiger partial charge in [0.2, 0.25) is 5.75 Å². The van der Waals surface area contributed by atoms with Gasteiger partial charge in [-0.1, -0.05) is 18.1 Å². The highest BCUT2D eigenvalue weighted by Gasteiger charge is 2.52. The number of esters is 1. The molecule has 8 unspecified atom stereocenters. The fraction of sp³-hybridized carbons (Fsp3) is 0.426. The minimum Gasteiger partial charge on any atom is -0.504 e. The third-order valence-corrected chi connectivity index (χ3v) is 14.3. The molecule has 16 heteroatoms. The fourth-order valence-electron chi connectivity index (χ4n) is 10.9. The Labute approximate surface area is 407 Å². The van der Waals surface area contributed by atoms with Crippen LogP contribution in [-0.2, 0) is 33.5 Å². The van der Waals surface area contributed by atoms with Gasteiger partial charge >= 0.3 is 5.97 Å². The molecule has 0 amide bonds. The molecule has 1 aliphatic carbocycles. The number of nitrogen functional groups attached to an aromatic ring is 1. The maximum atomic E-state index is 12.5. The monoisotopic (exact) mass is 948 g/mol. The highest BCUT2D eigenvalue weighted by Crippen LogP contribution is 2.46. The molecule has 10 rings (SSSR count). The molecule has 2 aromatic carbocycles. The normalized spacial score (nSPS) is 27.3. The summed E-state index contributed by atoms with van der Waals surface area (Å²) in [5.41, 5.74) is 11.2. The summed E-state index contributed by atoms with van der Waals surface area (Å²) in [6.45, 7) is 2.94. The number of carbonyl (C=O) groups is 1. The first-order valence-electron chi connectivity index (χ1n) is 24.4. The Morgan fingerprint density at radius 2 is 1.97 bits per heavy atom. The lowest BCUT2D eigenvalue weighted by Gasteiger charge is -2.52. The minimum atomic E-state index is -0.621. The van der Waals surface area contributed by atoms with Crippen LogP contribution in [0.3, 0.4) is 0 Å². The number of carbonyl (C=O) groups excluding carboxylic acids is 1. The van der Waals surface area contributed by atoms with E-state index in [2.05, 4.69) is 54.6 Å². The number of nitrogens with one attached hydrogen (secondary N) is 2. The smallest absolute Gasteiger partial charge is 0.302 e. The Kier molecular flexibility index (Phi) is 13.5. The van der Waals surface area contributed by atoms with Gasteiger partial charge < -0.3 is 55.5 Å². The zero-order valence-electron chi connectivity index (χ0n) is 39.3. The van der Waals surface area contributed by atoms with Gasteiger partial charge in [-0.25, -0.2) is 4.98 Å². The van der Waals surface area contributed by atoms with Crippen LogP contribution in [-0.4, -0.2) is 98.0 Å². The van der Waals surface area contributed by atoms with Crippen LogP contribution >= 0.6 is 0 Å². The summed E-state index contributed by atoms with van der Waals surface area (Å²) in [7, 11) is 0. The van der Waals surface area contributed by atoms with Gasteiger partial charge in [0.1, 0.15) is 24.2 Å². The van der Waals surface area contributed by atoms with E-state index in [0.717, 1.165) is 61.0 Å². The molecule has 6 aliphatic rings. The van der Waals surface area contributed by atoms with Crippen molar-refractivity contribution in [2.24, 2.45) is 21.8 Å². The van der Waals surface area contributed by atoms with E-state index >= 15 is 0 Å². The van der Waals surface area contributed by atoms with Gasteiger partial charge in [-0.05, 0) is 109 Å². The average Bonchev–Trinajstić information content (AvgIpc) is 3.96. The van der Waals surface area contributed by atoms with Crippen molar-refractivity contribution in [3.8, 4) is 40.6 Å². The largest absolute Gasteiger partial charge is 0.504 e. The standard InChI is InChI=1S/C54H60N8O8/c1-33(63)68-40-27-46(70-47(28-40)39-25-44(65)52(66)49(26-39)67-21-15-35-7-4-17-56-30-35)37-8-2-9-41-45(69-48-23-36(22-37)11-12-43(48)64)10-3-16-54(41)29-51(62-31-38-14-20-57-42(38)32-62)60-53(61-54)59-18-5-6-34-13-19-58-50(55)24-34/h4,7,11-14,17,19-20,23-26,30,32,37,40-41,45-47,51,64-66H,3,5-6,8,10,15-16,18,21-22,27-29,31H2,1H3,(H2,55,58)(H2,59,60,61). The van der Waals surface area contributed by atoms with E-state index in [0.29, 0.717) is 68.2 Å². The van der Waals surface area contributed by atoms with E-state index in [1.165, 1.54) is 18.6 Å². The predicted molar refractivity (Wildman–Crippen MR) is 263 cm³/mol. The fourth-order valence-corrected chi connectivity index (χ4v) is 10.9. The molecule has 16 nitrogen and oxygen atoms in total. The lowest BCUT2D eigenvalue weighted by molar-refractivity contribution is -0.164. The molecule has 3 fully saturated rings. The lowest BCUT2D eigenvalue weighted by Crippen LogP contribution is -2.70. The van der Waals surface area contributed by atoms with Crippen molar-refractivity contribution in [2.45, 2.75) is 114 Å². The summed E-state index contributed by atoms with van der Waals surface area (Å²) >= 11 is 0. The van der Waals surface area contributed by atoms with E-state index in [9.17, 15) is 20.1 Å². The summed E-state index contributed by atoms with van der Waals surface area (Å²) in [5, 5.41) is 40.8. The van der Waals surface area contributed by atoms with Crippen LogP contribution in [0.25, 0.3) is 0 Å². The van der Waals surface area contributed by atoms with Crippen LogP contribution in [0.1, 0.15) is 86.6 Å². The van der Waals surface area contributed by atoms with Crippen molar-refractivity contribution in [1.82, 2.24) is 25.5 Å². The van der Waals surface area contributed by atoms with Crippen molar-refractivity contribution in [3.05, 3.63) is 119 Å². The Morgan fingerprint density at radius 1 is 1.06 bits per heavy atom. The van der Waals surface area contributed by atoms with Gasteiger partial charge in [-0.3, -0.25) is 19.8 Å². The third kappa shape index (κ3) is 10.5. The number of benzene rings is 2. The van der Waals surface area contributed by atoms with E-state index < -0.39 is 29.8 Å². The van der Waals surface area contributed by atoms with Crippen LogP contribution in [0, 0.1) is 23.7 Å². The highest BCUT2D eigenvalue weighted by molar-refractivity contribution is 5.83. The Hall–Kier alpha value is -7.25. The van der Waals surface area contributed by atoms with Crippen molar-refractivity contribution in [2.75, 3.05) is 25.4 Å². The highest BCUT2D eigenvalue weighted by atomic mass is 16.6. The van der Waals surface area contributed by atoms with Crippen molar-refractivity contribution >= 4 is 24.0 Å². The van der Waals surface area contributed by atoms with Gasteiger partial charge in [0.25, 0.3) is 0 Å². The maximum Gasteiger partial charge on any atom is 0.302 e. The van der Waals surface area contributed by atoms with E-state index in [1.807, 2.05) is 42.6 Å². The number of aliphatic imine (C=N–C) groups is 2. The molecular formula is C54H60N8O8. The SMILES string of the molecule is CC(=O)OC1CC(c2cc(O)c(O)c(OCCc3cccnc3)c2)OC(C2CC#CC3C(CCCC34CC(N3C=C5N=CC=C5C3)NC(=NCCCc3ccnc(N)c3)N4)Oc3cc(ccc3O)C2)C1. The molecule has 70 heavy (non-hydrogen) atoms. The number of allylic oxidation sites excluding steroid dienone is 1. The number of phenols is 3. The number of guanidine groups is 1. The summed E-state index contributed by atoms with van der Waals surface area (Å²) < 4.78 is 25.8. The first-order chi connectivity index (χ1) is 34.0. The second kappa shape index (κ2) is 20.4. The van der Waals surface area contributed by atoms with Crippen molar-refractivity contribution in [3.63, 3.8) is 0 Å². The number of aromatic nitrogens is 2. The number of phenolic OH excluding ortho intramolecular Hbond substituents is 3. The summed E-state index contributed by atoms with van der Waals surface area (Å²) in [6, 6.07) is 16.4. The molecule has 364 valence electrons. The molecule has 2 saturated heterocycles. The number of ether oxygens (including phenoxy) is 4. The number of rotatable bonds is 12. The van der Waals surface area contributed by atoms with Crippen LogP contribution < -0.4 is 25.8 Å². The molecule has 7 heterocycles. The topological polar surface area (TPSA) is 218 Å². The van der Waals surface area contributed by atoms with Crippen molar-refractivity contribution in [1.29, 1.82) is 0 Å². The molecule has 2 aromatic heterocycles. The zero-order chi connectivity index (χ0) is 48.2. The number of nitrogens with two attached hydrogens (primary N) is 1. The summed E-state index contributed by atoms with van der Waals surface area (Å²) in [6.07, 6.45) is 16.3. The molecule has 1 saturated carbocycles. The van der Waals surface area contributed by atoms with E-state index in [-0.39, 0.29) is 53.7 Å². The number of nitrogens with zero attached hydrogens (tertiary/aromatic N) is 5. The second-order valence-electron chi connectivity index (χ2n) is 19.3. The van der Waals surface area contributed by atoms with Gasteiger partial charge in [0.05, 0.1) is 36.0 Å². The maximum absolute atomic E-state index is 12.5. The minimum absolute atomic E-state index is 0.0544. The van der Waals surface area contributed by atoms with Crippen LogP contribution in [0.5, 0.6) is 28.7 Å². The average molecular weight is 949 g/mol. The quantitative estimate of drug-likeness (QED) is 0.0384. The first-order valence-corrected chi connectivity index (χ1v) is 24.4. The van der Waals surface area contributed by atoms with Gasteiger partial charge in [-0.2, -0.15) is 0 Å². The van der Waals surface area contributed by atoms with Gasteiger partial charge in [0.15, 0.2) is 29.0 Å². The lowest BCUT2D eigenvalue weighted by atomic mass is 9.68. The molecule has 2 bridgehead atoms. The van der Waals surface area contributed by atoms with E-state index in [4.69, 9.17) is 29.7 Å². The Balaban J connectivity index is 0.948. The molecule has 5 aliphatic heterocycles. The molecule has 8 atom stereocenters. The molecule has 7 N–H and O–H groups in total.